The van der Waals surface area contributed by atoms with Crippen molar-refractivity contribution in [1.29, 1.82) is 0 Å². The summed E-state index contributed by atoms with van der Waals surface area (Å²) in [4.78, 5) is 34.5. The fraction of sp³-hybridized carbons (Fsp3) is 0.154. The zero-order valence-electron chi connectivity index (χ0n) is 9.84. The van der Waals surface area contributed by atoms with Crippen molar-refractivity contribution in [2.45, 2.75) is 13.3 Å². The van der Waals surface area contributed by atoms with Crippen molar-refractivity contribution in [2.24, 2.45) is 0 Å². The van der Waals surface area contributed by atoms with E-state index < -0.39 is 11.3 Å². The van der Waals surface area contributed by atoms with E-state index in [0.29, 0.717) is 5.69 Å². The quantitative estimate of drug-likeness (QED) is 0.651. The maximum Gasteiger partial charge on any atom is 0.282 e. The number of carbonyl (C=O) groups is 2. The van der Waals surface area contributed by atoms with E-state index in [1.807, 2.05) is 6.07 Å². The topological polar surface area (TPSA) is 71.9 Å². The van der Waals surface area contributed by atoms with Crippen molar-refractivity contribution in [3.05, 3.63) is 52.4 Å². The normalized spacial score (nSPS) is 10.3. The number of aromatic nitrogens is 2. The number of hydrogen-bond acceptors (Lipinski definition) is 3. The molecule has 0 aliphatic heterocycles. The van der Waals surface area contributed by atoms with Crippen LogP contribution in [-0.2, 0) is 4.79 Å². The van der Waals surface area contributed by atoms with Crippen LogP contribution in [0.4, 0.5) is 0 Å². The molecule has 2 rings (SSSR count). The third-order valence-corrected chi connectivity index (χ3v) is 2.50. The van der Waals surface area contributed by atoms with Gasteiger partial charge in [0, 0.05) is 6.20 Å². The Morgan fingerprint density at radius 3 is 2.50 bits per heavy atom. The van der Waals surface area contributed by atoms with Gasteiger partial charge in [0.05, 0.1) is 12.1 Å². The van der Waals surface area contributed by atoms with Crippen LogP contribution in [-0.4, -0.2) is 21.3 Å². The number of nitrogens with zero attached hydrogens (tertiary/aromatic N) is 1. The van der Waals surface area contributed by atoms with Crippen molar-refractivity contribution < 1.29 is 9.59 Å². The van der Waals surface area contributed by atoms with Crippen molar-refractivity contribution in [2.75, 3.05) is 0 Å². The van der Waals surface area contributed by atoms with E-state index in [0.717, 1.165) is 0 Å². The monoisotopic (exact) mass is 244 g/mol. The number of Topliss-reactive ketones (excluding diaryl/α,β-unsaturated/α-hetero) is 2. The number of para-hydroxylation sites is 1. The van der Waals surface area contributed by atoms with Gasteiger partial charge in [-0.25, -0.2) is 4.68 Å². The summed E-state index contributed by atoms with van der Waals surface area (Å²) in [5.41, 5.74) is 0.214. The Kier molecular flexibility index (Phi) is 3.23. The highest BCUT2D eigenvalue weighted by atomic mass is 16.2. The van der Waals surface area contributed by atoms with Gasteiger partial charge in [-0.2, -0.15) is 0 Å². The highest BCUT2D eigenvalue weighted by molar-refractivity contribution is 6.07. The maximum absolute atomic E-state index is 12.0. The summed E-state index contributed by atoms with van der Waals surface area (Å²) >= 11 is 0. The molecular formula is C13H12N2O3. The summed E-state index contributed by atoms with van der Waals surface area (Å²) in [6, 6.07) is 8.91. The van der Waals surface area contributed by atoms with Gasteiger partial charge < -0.3 is 0 Å². The molecule has 0 spiro atoms. The van der Waals surface area contributed by atoms with Crippen LogP contribution in [0.2, 0.25) is 0 Å². The molecule has 92 valence electrons. The van der Waals surface area contributed by atoms with Gasteiger partial charge in [-0.05, 0) is 19.1 Å². The van der Waals surface area contributed by atoms with Crippen LogP contribution < -0.4 is 5.56 Å². The molecule has 5 heteroatoms. The van der Waals surface area contributed by atoms with Gasteiger partial charge in [0.25, 0.3) is 5.56 Å². The Morgan fingerprint density at radius 1 is 1.22 bits per heavy atom. The summed E-state index contributed by atoms with van der Waals surface area (Å²) < 4.78 is 1.27. The van der Waals surface area contributed by atoms with Crippen molar-refractivity contribution in [1.82, 2.24) is 9.78 Å². The molecule has 0 fully saturated rings. The molecular weight excluding hydrogens is 232 g/mol. The lowest BCUT2D eigenvalue weighted by molar-refractivity contribution is -0.116. The predicted octanol–water partition coefficient (Wildman–Crippen LogP) is 1.33. The summed E-state index contributed by atoms with van der Waals surface area (Å²) in [7, 11) is 0. The highest BCUT2D eigenvalue weighted by Crippen LogP contribution is 2.04. The van der Waals surface area contributed by atoms with Crippen LogP contribution in [0.3, 0.4) is 0 Å². The number of H-pyrrole nitrogens is 1. The lowest BCUT2D eigenvalue weighted by Crippen LogP contribution is -2.21. The zero-order chi connectivity index (χ0) is 13.1. The van der Waals surface area contributed by atoms with Gasteiger partial charge in [-0.1, -0.05) is 18.2 Å². The maximum atomic E-state index is 12.0. The molecule has 0 atom stereocenters. The van der Waals surface area contributed by atoms with E-state index in [1.165, 1.54) is 17.8 Å². The number of aromatic amines is 1. The number of hydrogen-bond donors (Lipinski definition) is 1. The first-order chi connectivity index (χ1) is 8.59. The van der Waals surface area contributed by atoms with Crippen LogP contribution >= 0.6 is 0 Å². The molecule has 0 aliphatic rings. The van der Waals surface area contributed by atoms with Gasteiger partial charge in [-0.15, -0.1) is 0 Å². The molecule has 0 bridgehead atoms. The molecule has 1 aromatic carbocycles. The summed E-state index contributed by atoms with van der Waals surface area (Å²) in [5, 5.41) is 2.72. The Balaban J connectivity index is 2.39. The van der Waals surface area contributed by atoms with Crippen molar-refractivity contribution in [3.8, 4) is 5.69 Å². The number of ketones is 2. The average molecular weight is 244 g/mol. The molecule has 1 heterocycles. The van der Waals surface area contributed by atoms with Crippen LogP contribution in [0.25, 0.3) is 5.69 Å². The number of nitrogens with one attached hydrogen (secondary N) is 1. The van der Waals surface area contributed by atoms with Crippen molar-refractivity contribution >= 4 is 11.6 Å². The second kappa shape index (κ2) is 4.83. The van der Waals surface area contributed by atoms with Gasteiger partial charge in [0.1, 0.15) is 11.3 Å². The van der Waals surface area contributed by atoms with E-state index in [-0.39, 0.29) is 17.8 Å². The van der Waals surface area contributed by atoms with Crippen molar-refractivity contribution in [3.63, 3.8) is 0 Å². The number of rotatable bonds is 4. The largest absolute Gasteiger partial charge is 0.300 e. The van der Waals surface area contributed by atoms with E-state index in [4.69, 9.17) is 0 Å². The van der Waals surface area contributed by atoms with Gasteiger partial charge in [0.15, 0.2) is 5.78 Å². The smallest absolute Gasteiger partial charge is 0.282 e. The molecule has 0 radical (unpaired) electrons. The van der Waals surface area contributed by atoms with Gasteiger partial charge >= 0.3 is 0 Å². The second-order valence-corrected chi connectivity index (χ2v) is 3.97. The molecule has 18 heavy (non-hydrogen) atoms. The number of carbonyl (C=O) groups excluding carboxylic acids is 2. The molecule has 2 aromatic rings. The van der Waals surface area contributed by atoms with Gasteiger partial charge in [-0.3, -0.25) is 19.5 Å². The fourth-order valence-corrected chi connectivity index (χ4v) is 1.66. The van der Waals surface area contributed by atoms with E-state index in [1.54, 1.807) is 24.3 Å². The zero-order valence-corrected chi connectivity index (χ0v) is 9.84. The van der Waals surface area contributed by atoms with E-state index in [9.17, 15) is 14.4 Å². The first-order valence-corrected chi connectivity index (χ1v) is 5.48. The minimum absolute atomic E-state index is 0.00838. The SMILES string of the molecule is CC(=O)CC(=O)c1c[nH]n(-c2ccccc2)c1=O. The third-order valence-electron chi connectivity index (χ3n) is 2.50. The lowest BCUT2D eigenvalue weighted by Gasteiger charge is -1.99. The standard InChI is InChI=1S/C13H12N2O3/c1-9(16)7-12(17)11-8-14-15(13(11)18)10-5-3-2-4-6-10/h2-6,8,14H,7H2,1H3. The average Bonchev–Trinajstić information content (AvgIpc) is 2.71. The first kappa shape index (κ1) is 12.0. The molecule has 1 aromatic heterocycles. The number of benzene rings is 1. The van der Waals surface area contributed by atoms with Crippen LogP contribution in [0.1, 0.15) is 23.7 Å². The minimum Gasteiger partial charge on any atom is -0.300 e. The van der Waals surface area contributed by atoms with E-state index >= 15 is 0 Å². The first-order valence-electron chi connectivity index (χ1n) is 5.48. The Morgan fingerprint density at radius 2 is 1.89 bits per heavy atom. The molecule has 0 saturated heterocycles. The van der Waals surface area contributed by atoms with Crippen LogP contribution in [0, 0.1) is 0 Å². The second-order valence-electron chi connectivity index (χ2n) is 3.97. The predicted molar refractivity (Wildman–Crippen MR) is 66.0 cm³/mol. The molecule has 0 amide bonds. The Bertz CT molecular complexity index is 638. The third kappa shape index (κ3) is 2.29. The summed E-state index contributed by atoms with van der Waals surface area (Å²) in [5.74, 6) is -0.717. The highest BCUT2D eigenvalue weighted by Gasteiger charge is 2.16. The van der Waals surface area contributed by atoms with Crippen LogP contribution in [0.5, 0.6) is 0 Å². The summed E-state index contributed by atoms with van der Waals surface area (Å²) in [6.07, 6.45) is 1.09. The Hall–Kier alpha value is -2.43. The Labute approximate surface area is 103 Å². The molecule has 1 N–H and O–H groups in total. The minimum atomic E-state index is -0.460. The van der Waals surface area contributed by atoms with E-state index in [2.05, 4.69) is 5.10 Å². The fourth-order valence-electron chi connectivity index (χ4n) is 1.66. The van der Waals surface area contributed by atoms with Gasteiger partial charge in [0.2, 0.25) is 0 Å². The summed E-state index contributed by atoms with van der Waals surface area (Å²) in [6.45, 7) is 1.32. The molecule has 0 saturated carbocycles. The van der Waals surface area contributed by atoms with Crippen LogP contribution in [0.15, 0.2) is 41.3 Å². The molecule has 0 unspecified atom stereocenters. The lowest BCUT2D eigenvalue weighted by atomic mass is 10.1. The molecule has 5 nitrogen and oxygen atoms in total. The molecule has 0 aliphatic carbocycles.